The van der Waals surface area contributed by atoms with Gasteiger partial charge in [-0.25, -0.2) is 0 Å². The highest BCUT2D eigenvalue weighted by Crippen LogP contribution is 2.30. The fourth-order valence-electron chi connectivity index (χ4n) is 2.10. The number of aromatic nitrogens is 1. The van der Waals surface area contributed by atoms with Gasteiger partial charge in [-0.15, -0.1) is 0 Å². The molecule has 2 N–H and O–H groups in total. The number of nitrogens with zero attached hydrogens (tertiary/aromatic N) is 1. The molecule has 22 heavy (non-hydrogen) atoms. The number of carboxylic acids is 1. The molecule has 1 heterocycles. The van der Waals surface area contributed by atoms with Crippen molar-refractivity contribution in [3.8, 4) is 0 Å². The van der Waals surface area contributed by atoms with Crippen molar-refractivity contribution in [3.05, 3.63) is 54.1 Å². The molecule has 1 aromatic heterocycles. The zero-order chi connectivity index (χ0) is 15.5. The molecule has 0 saturated heterocycles. The van der Waals surface area contributed by atoms with Crippen molar-refractivity contribution in [2.75, 3.05) is 10.9 Å². The molecule has 0 bridgehead atoms. The fraction of sp³-hybridized carbons (Fsp3) is 0.125. The molecule has 112 valence electrons. The van der Waals surface area contributed by atoms with E-state index in [9.17, 15) is 9.90 Å². The van der Waals surface area contributed by atoms with Gasteiger partial charge in [-0.3, -0.25) is 10.9 Å². The van der Waals surface area contributed by atoms with Crippen molar-refractivity contribution in [2.45, 2.75) is 12.8 Å². The molecule has 3 aromatic rings. The Hall–Kier alpha value is -2.60. The van der Waals surface area contributed by atoms with Crippen molar-refractivity contribution in [3.63, 3.8) is 0 Å². The van der Waals surface area contributed by atoms with E-state index in [1.807, 2.05) is 42.5 Å². The van der Waals surface area contributed by atoms with Crippen LogP contribution in [0.5, 0.6) is 0 Å². The third kappa shape index (κ3) is 2.87. The van der Waals surface area contributed by atoms with Crippen LogP contribution in [0.15, 0.2) is 48.5 Å². The highest BCUT2D eigenvalue weighted by atomic mass is 32.1. The van der Waals surface area contributed by atoms with E-state index < -0.39 is 11.9 Å². The predicted octanol–water partition coefficient (Wildman–Crippen LogP) is 2.59. The molecule has 3 rings (SSSR count). The molecular formula is C16H14N3O2S-. The van der Waals surface area contributed by atoms with Crippen molar-refractivity contribution < 1.29 is 9.90 Å². The highest BCUT2D eigenvalue weighted by Gasteiger charge is 2.11. The van der Waals surface area contributed by atoms with Crippen molar-refractivity contribution in [1.82, 2.24) is 4.37 Å². The van der Waals surface area contributed by atoms with Crippen LogP contribution in [-0.4, -0.2) is 10.3 Å². The second kappa shape index (κ2) is 6.03. The van der Waals surface area contributed by atoms with Crippen molar-refractivity contribution >= 4 is 39.1 Å². The Morgan fingerprint density at radius 2 is 1.95 bits per heavy atom. The lowest BCUT2D eigenvalue weighted by molar-refractivity contribution is -0.307. The standard InChI is InChI=1S/C16H15N3O2S/c1-10(16(20)21)11-7-8-14-13(9-11)15(19-22-14)18-17-12-5-3-2-4-6-12/h2-10,17H,1H3,(H,18,19)(H,20,21)/p-1. The zero-order valence-corrected chi connectivity index (χ0v) is 12.7. The summed E-state index contributed by atoms with van der Waals surface area (Å²) in [5.74, 6) is -1.06. The summed E-state index contributed by atoms with van der Waals surface area (Å²) >= 11 is 1.36. The normalized spacial score (nSPS) is 12.0. The van der Waals surface area contributed by atoms with Gasteiger partial charge in [-0.05, 0) is 41.4 Å². The minimum Gasteiger partial charge on any atom is -0.550 e. The largest absolute Gasteiger partial charge is 0.550 e. The number of benzene rings is 2. The molecule has 2 aromatic carbocycles. The molecule has 6 heteroatoms. The van der Waals surface area contributed by atoms with Crippen LogP contribution in [0.25, 0.3) is 10.1 Å². The van der Waals surface area contributed by atoms with E-state index in [0.29, 0.717) is 11.4 Å². The number of para-hydroxylation sites is 1. The predicted molar refractivity (Wildman–Crippen MR) is 86.7 cm³/mol. The number of hydrazine groups is 1. The van der Waals surface area contributed by atoms with Gasteiger partial charge in [-0.1, -0.05) is 31.2 Å². The number of rotatable bonds is 5. The van der Waals surface area contributed by atoms with Gasteiger partial charge in [0.1, 0.15) is 0 Å². The molecule has 0 amide bonds. The van der Waals surface area contributed by atoms with Crippen LogP contribution >= 0.6 is 11.5 Å². The lowest BCUT2D eigenvalue weighted by atomic mass is 10.0. The third-order valence-corrected chi connectivity index (χ3v) is 4.27. The molecule has 0 aliphatic rings. The quantitative estimate of drug-likeness (QED) is 0.708. The van der Waals surface area contributed by atoms with Gasteiger partial charge in [0.05, 0.1) is 10.4 Å². The van der Waals surface area contributed by atoms with Gasteiger partial charge in [0.15, 0.2) is 5.82 Å². The van der Waals surface area contributed by atoms with E-state index in [4.69, 9.17) is 0 Å². The van der Waals surface area contributed by atoms with E-state index in [0.717, 1.165) is 15.8 Å². The number of aliphatic carboxylic acids is 1. The summed E-state index contributed by atoms with van der Waals surface area (Å²) in [5.41, 5.74) is 7.77. The number of fused-ring (bicyclic) bond motifs is 1. The van der Waals surface area contributed by atoms with Crippen LogP contribution in [0.3, 0.4) is 0 Å². The highest BCUT2D eigenvalue weighted by molar-refractivity contribution is 7.13. The Morgan fingerprint density at radius 3 is 2.68 bits per heavy atom. The van der Waals surface area contributed by atoms with Gasteiger partial charge in [0, 0.05) is 17.3 Å². The minimum atomic E-state index is -1.08. The smallest absolute Gasteiger partial charge is 0.166 e. The topological polar surface area (TPSA) is 77.1 Å². The maximum Gasteiger partial charge on any atom is 0.166 e. The van der Waals surface area contributed by atoms with E-state index in [2.05, 4.69) is 15.2 Å². The number of anilines is 2. The number of carbonyl (C=O) groups excluding carboxylic acids is 1. The number of carbonyl (C=O) groups is 1. The Bertz CT molecular complexity index is 802. The molecule has 5 nitrogen and oxygen atoms in total. The first-order valence-electron chi connectivity index (χ1n) is 6.82. The molecule has 0 saturated carbocycles. The SMILES string of the molecule is CC(C(=O)[O-])c1ccc2snc(NNc3ccccc3)c2c1. The van der Waals surface area contributed by atoms with Crippen LogP contribution < -0.4 is 16.0 Å². The van der Waals surface area contributed by atoms with Crippen molar-refractivity contribution in [2.24, 2.45) is 0 Å². The van der Waals surface area contributed by atoms with E-state index in [1.54, 1.807) is 13.0 Å². The van der Waals surface area contributed by atoms with Crippen molar-refractivity contribution in [1.29, 1.82) is 0 Å². The molecular weight excluding hydrogens is 298 g/mol. The number of nitrogens with one attached hydrogen (secondary N) is 2. The number of carboxylic acid groups (broad SMARTS) is 1. The summed E-state index contributed by atoms with van der Waals surface area (Å²) in [6, 6.07) is 15.2. The Kier molecular flexibility index (Phi) is 3.93. The Balaban J connectivity index is 1.86. The van der Waals surface area contributed by atoms with Gasteiger partial charge in [0.2, 0.25) is 0 Å². The first kappa shape index (κ1) is 14.3. The summed E-state index contributed by atoms with van der Waals surface area (Å²) in [5, 5.41) is 11.9. The van der Waals surface area contributed by atoms with Gasteiger partial charge in [0.25, 0.3) is 0 Å². The Labute approximate surface area is 131 Å². The average molecular weight is 312 g/mol. The second-order valence-electron chi connectivity index (χ2n) is 4.94. The summed E-state index contributed by atoms with van der Waals surface area (Å²) in [6.45, 7) is 1.62. The average Bonchev–Trinajstić information content (AvgIpc) is 2.95. The molecule has 1 unspecified atom stereocenters. The summed E-state index contributed by atoms with van der Waals surface area (Å²) < 4.78 is 5.35. The fourth-order valence-corrected chi connectivity index (χ4v) is 2.82. The summed E-state index contributed by atoms with van der Waals surface area (Å²) in [4.78, 5) is 11.0. The first-order valence-corrected chi connectivity index (χ1v) is 7.60. The van der Waals surface area contributed by atoms with Crippen LogP contribution in [0.4, 0.5) is 11.5 Å². The molecule has 0 aliphatic heterocycles. The Morgan fingerprint density at radius 1 is 1.18 bits per heavy atom. The molecule has 1 atom stereocenters. The van der Waals surface area contributed by atoms with E-state index >= 15 is 0 Å². The maximum absolute atomic E-state index is 11.0. The van der Waals surface area contributed by atoms with Gasteiger partial charge in [-0.2, -0.15) is 4.37 Å². The summed E-state index contributed by atoms with van der Waals surface area (Å²) in [6.07, 6.45) is 0. The van der Waals surface area contributed by atoms with E-state index in [-0.39, 0.29) is 0 Å². The van der Waals surface area contributed by atoms with Gasteiger partial charge >= 0.3 is 0 Å². The number of hydrogen-bond acceptors (Lipinski definition) is 6. The molecule has 0 fully saturated rings. The zero-order valence-electron chi connectivity index (χ0n) is 11.9. The molecule has 0 aliphatic carbocycles. The lowest BCUT2D eigenvalue weighted by Crippen LogP contribution is -2.27. The number of hydrogen-bond donors (Lipinski definition) is 2. The van der Waals surface area contributed by atoms with E-state index in [1.165, 1.54) is 11.5 Å². The third-order valence-electron chi connectivity index (χ3n) is 3.45. The van der Waals surface area contributed by atoms with Crippen LogP contribution in [0, 0.1) is 0 Å². The maximum atomic E-state index is 11.0. The lowest BCUT2D eigenvalue weighted by Gasteiger charge is -2.13. The molecule has 0 spiro atoms. The second-order valence-corrected chi connectivity index (χ2v) is 5.75. The van der Waals surface area contributed by atoms with Crippen LogP contribution in [-0.2, 0) is 4.79 Å². The van der Waals surface area contributed by atoms with Crippen LogP contribution in [0.2, 0.25) is 0 Å². The minimum absolute atomic E-state index is 0.653. The summed E-state index contributed by atoms with van der Waals surface area (Å²) in [7, 11) is 0. The van der Waals surface area contributed by atoms with Gasteiger partial charge < -0.3 is 9.90 Å². The van der Waals surface area contributed by atoms with Crippen LogP contribution in [0.1, 0.15) is 18.4 Å². The first-order chi connectivity index (χ1) is 10.6. The monoisotopic (exact) mass is 312 g/mol. The molecule has 0 radical (unpaired) electrons.